The van der Waals surface area contributed by atoms with Crippen molar-refractivity contribution < 1.29 is 13.2 Å². The van der Waals surface area contributed by atoms with Crippen LogP contribution in [-0.4, -0.2) is 27.7 Å². The molecule has 0 spiro atoms. The number of anilines is 1. The molecule has 0 aromatic carbocycles. The summed E-state index contributed by atoms with van der Waals surface area (Å²) >= 11 is 0. The molecule has 2 aromatic rings. The van der Waals surface area contributed by atoms with Crippen molar-refractivity contribution in [3.63, 3.8) is 0 Å². The molecule has 0 bridgehead atoms. The summed E-state index contributed by atoms with van der Waals surface area (Å²) in [5.41, 5.74) is 5.60. The molecule has 0 atom stereocenters. The molecular formula is C12H14F3N5. The largest absolute Gasteiger partial charge is 0.435 e. The van der Waals surface area contributed by atoms with Crippen molar-refractivity contribution in [2.75, 3.05) is 18.8 Å². The Labute approximate surface area is 113 Å². The fraction of sp³-hybridized carbons (Fsp3) is 0.500. The van der Waals surface area contributed by atoms with Crippen molar-refractivity contribution in [3.8, 4) is 0 Å². The lowest BCUT2D eigenvalue weighted by Crippen LogP contribution is -2.27. The Morgan fingerprint density at radius 1 is 1.25 bits per heavy atom. The van der Waals surface area contributed by atoms with E-state index in [0.29, 0.717) is 5.69 Å². The van der Waals surface area contributed by atoms with Gasteiger partial charge < -0.3 is 11.1 Å². The van der Waals surface area contributed by atoms with Gasteiger partial charge in [0, 0.05) is 18.1 Å². The molecule has 0 radical (unpaired) electrons. The third-order valence-corrected chi connectivity index (χ3v) is 3.52. The lowest BCUT2D eigenvalue weighted by molar-refractivity contribution is -0.141. The van der Waals surface area contributed by atoms with E-state index in [2.05, 4.69) is 15.4 Å². The lowest BCUT2D eigenvalue weighted by atomic mass is 9.94. The van der Waals surface area contributed by atoms with Crippen molar-refractivity contribution in [2.45, 2.75) is 24.9 Å². The smallest absolute Gasteiger partial charge is 0.384 e. The predicted molar refractivity (Wildman–Crippen MR) is 67.2 cm³/mol. The minimum atomic E-state index is -4.48. The number of nitrogens with two attached hydrogens (primary N) is 1. The highest BCUT2D eigenvalue weighted by atomic mass is 19.4. The number of halogens is 3. The maximum absolute atomic E-state index is 12.8. The Morgan fingerprint density at radius 3 is 2.60 bits per heavy atom. The van der Waals surface area contributed by atoms with Gasteiger partial charge in [0.2, 0.25) is 0 Å². The highest BCUT2D eigenvalue weighted by Crippen LogP contribution is 2.31. The molecule has 1 aliphatic rings. The summed E-state index contributed by atoms with van der Waals surface area (Å²) < 4.78 is 39.5. The number of aromatic nitrogens is 3. The maximum Gasteiger partial charge on any atom is 0.435 e. The molecule has 1 aliphatic heterocycles. The average molecular weight is 285 g/mol. The Balaban J connectivity index is 2.12. The minimum absolute atomic E-state index is 0.144. The zero-order valence-electron chi connectivity index (χ0n) is 10.6. The van der Waals surface area contributed by atoms with E-state index in [4.69, 9.17) is 5.73 Å². The average Bonchev–Trinajstić information content (AvgIpc) is 2.82. The number of piperidine rings is 1. The van der Waals surface area contributed by atoms with Gasteiger partial charge in [-0.05, 0) is 25.9 Å². The van der Waals surface area contributed by atoms with Crippen molar-refractivity contribution in [3.05, 3.63) is 23.5 Å². The zero-order valence-corrected chi connectivity index (χ0v) is 10.6. The van der Waals surface area contributed by atoms with E-state index in [0.717, 1.165) is 32.0 Å². The number of nitrogen functional groups attached to an aromatic ring is 1. The van der Waals surface area contributed by atoms with Crippen LogP contribution < -0.4 is 11.1 Å². The molecule has 2 aromatic heterocycles. The van der Waals surface area contributed by atoms with E-state index < -0.39 is 11.9 Å². The summed E-state index contributed by atoms with van der Waals surface area (Å²) in [7, 11) is 0. The fourth-order valence-electron chi connectivity index (χ4n) is 2.57. The van der Waals surface area contributed by atoms with Crippen LogP contribution in [0.15, 0.2) is 12.1 Å². The van der Waals surface area contributed by atoms with Crippen LogP contribution in [0.4, 0.5) is 19.0 Å². The second-order valence-electron chi connectivity index (χ2n) is 4.93. The summed E-state index contributed by atoms with van der Waals surface area (Å²) in [5, 5.41) is 6.87. The molecule has 3 N–H and O–H groups in total. The van der Waals surface area contributed by atoms with Crippen LogP contribution >= 0.6 is 0 Å². The predicted octanol–water partition coefficient (Wildman–Crippen LogP) is 1.80. The molecule has 1 fully saturated rings. The number of hydrogen-bond acceptors (Lipinski definition) is 4. The van der Waals surface area contributed by atoms with Crippen LogP contribution in [0.25, 0.3) is 5.65 Å². The third-order valence-electron chi connectivity index (χ3n) is 3.52. The standard InChI is InChI=1S/C12H14F3N5/c13-12(14,15)9-6-11-18-10(16)5-8(20(11)19-9)7-1-3-17-4-2-7/h5-7,17H,1-4H2,(H2,16,18). The van der Waals surface area contributed by atoms with Gasteiger partial charge in [-0.3, -0.25) is 0 Å². The summed E-state index contributed by atoms with van der Waals surface area (Å²) in [4.78, 5) is 3.93. The molecule has 0 amide bonds. The van der Waals surface area contributed by atoms with E-state index in [9.17, 15) is 13.2 Å². The first-order valence-electron chi connectivity index (χ1n) is 6.39. The summed E-state index contributed by atoms with van der Waals surface area (Å²) in [5.74, 6) is 0.365. The van der Waals surface area contributed by atoms with Crippen LogP contribution in [0.3, 0.4) is 0 Å². The van der Waals surface area contributed by atoms with E-state index in [1.54, 1.807) is 6.07 Å². The van der Waals surface area contributed by atoms with E-state index in [-0.39, 0.29) is 17.4 Å². The Morgan fingerprint density at radius 2 is 1.95 bits per heavy atom. The normalized spacial score (nSPS) is 17.8. The van der Waals surface area contributed by atoms with Gasteiger partial charge in [-0.25, -0.2) is 9.50 Å². The van der Waals surface area contributed by atoms with Crippen LogP contribution in [0.1, 0.15) is 30.1 Å². The summed E-state index contributed by atoms with van der Waals surface area (Å²) in [6.07, 6.45) is -2.78. The second-order valence-corrected chi connectivity index (χ2v) is 4.93. The third kappa shape index (κ3) is 2.31. The number of nitrogens with zero attached hydrogens (tertiary/aromatic N) is 3. The molecule has 5 nitrogen and oxygen atoms in total. The molecule has 108 valence electrons. The van der Waals surface area contributed by atoms with Gasteiger partial charge >= 0.3 is 6.18 Å². The minimum Gasteiger partial charge on any atom is -0.384 e. The van der Waals surface area contributed by atoms with Crippen molar-refractivity contribution in [1.82, 2.24) is 19.9 Å². The van der Waals surface area contributed by atoms with E-state index in [1.165, 1.54) is 4.52 Å². The molecule has 3 rings (SSSR count). The molecule has 8 heteroatoms. The number of nitrogens with one attached hydrogen (secondary N) is 1. The highest BCUT2D eigenvalue weighted by molar-refractivity contribution is 5.48. The number of hydrogen-bond donors (Lipinski definition) is 2. The molecule has 0 saturated carbocycles. The van der Waals surface area contributed by atoms with Crippen molar-refractivity contribution >= 4 is 11.5 Å². The molecule has 1 saturated heterocycles. The number of alkyl halides is 3. The first-order chi connectivity index (χ1) is 9.45. The molecule has 20 heavy (non-hydrogen) atoms. The fourth-order valence-corrected chi connectivity index (χ4v) is 2.57. The maximum atomic E-state index is 12.8. The Hall–Kier alpha value is -1.83. The quantitative estimate of drug-likeness (QED) is 0.838. The summed E-state index contributed by atoms with van der Waals surface area (Å²) in [6.45, 7) is 1.67. The summed E-state index contributed by atoms with van der Waals surface area (Å²) in [6, 6.07) is 2.55. The molecular weight excluding hydrogens is 271 g/mol. The number of fused-ring (bicyclic) bond motifs is 1. The van der Waals surface area contributed by atoms with Gasteiger partial charge in [0.1, 0.15) is 5.82 Å². The monoisotopic (exact) mass is 285 g/mol. The molecule has 0 aliphatic carbocycles. The van der Waals surface area contributed by atoms with Gasteiger partial charge in [-0.1, -0.05) is 0 Å². The number of rotatable bonds is 1. The van der Waals surface area contributed by atoms with Gasteiger partial charge in [0.05, 0.1) is 5.69 Å². The topological polar surface area (TPSA) is 68.2 Å². The first-order valence-corrected chi connectivity index (χ1v) is 6.39. The van der Waals surface area contributed by atoms with Gasteiger partial charge in [-0.2, -0.15) is 18.3 Å². The Bertz CT molecular complexity index is 628. The SMILES string of the molecule is Nc1cc(C2CCNCC2)n2nc(C(F)(F)F)cc2n1. The molecule has 0 unspecified atom stereocenters. The van der Waals surface area contributed by atoms with Crippen molar-refractivity contribution in [1.29, 1.82) is 0 Å². The molecule has 3 heterocycles. The lowest BCUT2D eigenvalue weighted by Gasteiger charge is -2.23. The zero-order chi connectivity index (χ0) is 14.3. The van der Waals surface area contributed by atoms with E-state index >= 15 is 0 Å². The highest BCUT2D eigenvalue weighted by Gasteiger charge is 2.35. The van der Waals surface area contributed by atoms with Gasteiger partial charge in [0.25, 0.3) is 0 Å². The van der Waals surface area contributed by atoms with Crippen LogP contribution in [0, 0.1) is 0 Å². The Kier molecular flexibility index (Phi) is 3.04. The van der Waals surface area contributed by atoms with Crippen LogP contribution in [-0.2, 0) is 6.18 Å². The van der Waals surface area contributed by atoms with E-state index in [1.807, 2.05) is 0 Å². The second kappa shape index (κ2) is 4.62. The first kappa shape index (κ1) is 13.2. The van der Waals surface area contributed by atoms with Crippen LogP contribution in [0.2, 0.25) is 0 Å². The van der Waals surface area contributed by atoms with Gasteiger partial charge in [0.15, 0.2) is 11.3 Å². The van der Waals surface area contributed by atoms with Crippen LogP contribution in [0.5, 0.6) is 0 Å². The van der Waals surface area contributed by atoms with Crippen molar-refractivity contribution in [2.24, 2.45) is 0 Å². The van der Waals surface area contributed by atoms with Gasteiger partial charge in [-0.15, -0.1) is 0 Å².